The van der Waals surface area contributed by atoms with Crippen LogP contribution in [0.5, 0.6) is 0 Å². The molecule has 0 spiro atoms. The summed E-state index contributed by atoms with van der Waals surface area (Å²) in [6.07, 6.45) is 1.29. The molecule has 0 unspecified atom stereocenters. The van der Waals surface area contributed by atoms with Crippen molar-refractivity contribution in [2.24, 2.45) is 27.9 Å². The Morgan fingerprint density at radius 3 is 1.98 bits per heavy atom. The fraction of sp³-hybridized carbons (Fsp3) is 0.704. The molecule has 2 saturated heterocycles. The molecule has 6 amide bonds. The molecular formula is C27H45N10O8Se. The Morgan fingerprint density at radius 1 is 0.870 bits per heavy atom. The Morgan fingerprint density at radius 2 is 1.46 bits per heavy atom. The van der Waals surface area contributed by atoms with E-state index in [1.807, 2.05) is 0 Å². The van der Waals surface area contributed by atoms with Gasteiger partial charge in [0.1, 0.15) is 0 Å². The average Bonchev–Trinajstić information content (AvgIpc) is 3.66. The van der Waals surface area contributed by atoms with E-state index < -0.39 is 88.9 Å². The molecule has 19 heteroatoms. The number of likely N-dealkylation sites (tertiary alicyclic amines) is 2. The molecule has 0 bridgehead atoms. The number of carboxylic acids is 1. The predicted octanol–water partition coefficient (Wildman–Crippen LogP) is -4.24. The number of aliphatic carboxylic acids is 1. The fourth-order valence-electron chi connectivity index (χ4n) is 5.42. The second-order valence-electron chi connectivity index (χ2n) is 11.4. The van der Waals surface area contributed by atoms with Gasteiger partial charge in [-0.25, -0.2) is 0 Å². The van der Waals surface area contributed by atoms with E-state index in [-0.39, 0.29) is 38.4 Å². The van der Waals surface area contributed by atoms with Crippen LogP contribution in [0.3, 0.4) is 0 Å². The Kier molecular flexibility index (Phi) is 14.7. The first-order valence-electron chi connectivity index (χ1n) is 15.0. The van der Waals surface area contributed by atoms with Gasteiger partial charge in [0.25, 0.3) is 0 Å². The number of nitrogens with one attached hydrogen (secondary N) is 3. The molecule has 0 aromatic carbocycles. The van der Waals surface area contributed by atoms with E-state index in [1.165, 1.54) is 16.7 Å². The molecule has 2 rings (SSSR count). The number of amides is 6. The first kappa shape index (κ1) is 38.2. The molecule has 2 aliphatic rings. The van der Waals surface area contributed by atoms with E-state index in [2.05, 4.69) is 37.0 Å². The van der Waals surface area contributed by atoms with E-state index >= 15 is 0 Å². The number of primary amides is 1. The van der Waals surface area contributed by atoms with Crippen LogP contribution < -0.4 is 38.9 Å². The average molecular weight is 717 g/mol. The van der Waals surface area contributed by atoms with Gasteiger partial charge in [-0.1, -0.05) is 0 Å². The molecule has 2 fully saturated rings. The van der Waals surface area contributed by atoms with Gasteiger partial charge in [0.15, 0.2) is 0 Å². The van der Waals surface area contributed by atoms with Crippen molar-refractivity contribution in [1.82, 2.24) is 25.8 Å². The zero-order valence-electron chi connectivity index (χ0n) is 26.0. The summed E-state index contributed by atoms with van der Waals surface area (Å²) in [5.74, 6) is -5.70. The third-order valence-electron chi connectivity index (χ3n) is 7.71. The number of rotatable bonds is 16. The number of carboxylic acid groups (broad SMARTS) is 1. The Hall–Kier alpha value is -3.96. The summed E-state index contributed by atoms with van der Waals surface area (Å²) < 4.78 is 0. The third-order valence-corrected chi connectivity index (χ3v) is 8.28. The molecule has 2 heterocycles. The van der Waals surface area contributed by atoms with E-state index in [0.717, 1.165) is 0 Å². The summed E-state index contributed by atoms with van der Waals surface area (Å²) in [5.41, 5.74) is 21.9. The first-order chi connectivity index (χ1) is 21.5. The molecule has 257 valence electrons. The number of guanidine groups is 1. The molecule has 0 aromatic rings. The summed E-state index contributed by atoms with van der Waals surface area (Å²) in [5, 5.41) is 17.0. The fourth-order valence-corrected chi connectivity index (χ4v) is 5.82. The maximum atomic E-state index is 13.5. The number of hydrogen-bond donors (Lipinski definition) is 8. The van der Waals surface area contributed by atoms with Crippen LogP contribution in [0.1, 0.15) is 58.8 Å². The van der Waals surface area contributed by atoms with Crippen molar-refractivity contribution in [3.63, 3.8) is 0 Å². The number of nitrogens with two attached hydrogens (primary N) is 4. The molecule has 46 heavy (non-hydrogen) atoms. The van der Waals surface area contributed by atoms with Gasteiger partial charge in [0, 0.05) is 0 Å². The monoisotopic (exact) mass is 717 g/mol. The number of carbonyl (C=O) groups is 7. The number of aliphatic imine (C=N–C) groups is 1. The Balaban J connectivity index is 2.22. The third kappa shape index (κ3) is 10.8. The molecule has 0 saturated carbocycles. The summed E-state index contributed by atoms with van der Waals surface area (Å²) in [7, 11) is 0. The zero-order chi connectivity index (χ0) is 34.7. The van der Waals surface area contributed by atoms with Crippen LogP contribution in [-0.4, -0.2) is 134 Å². The van der Waals surface area contributed by atoms with E-state index in [9.17, 15) is 38.7 Å². The van der Waals surface area contributed by atoms with Gasteiger partial charge in [-0.3, -0.25) is 0 Å². The van der Waals surface area contributed by atoms with Gasteiger partial charge in [-0.15, -0.1) is 0 Å². The quantitative estimate of drug-likeness (QED) is 0.0328. The van der Waals surface area contributed by atoms with Gasteiger partial charge in [-0.05, 0) is 0 Å². The van der Waals surface area contributed by atoms with Gasteiger partial charge in [0.2, 0.25) is 0 Å². The molecule has 0 aromatic heterocycles. The van der Waals surface area contributed by atoms with Crippen molar-refractivity contribution in [3.8, 4) is 0 Å². The standard InChI is InChI=1S/C27H45N10O8Se/c1-13(28)25(44)37-11-5-8-18(37)23(42)34-16(12-19(38)39)22(41)35-20(14(2)46)24(43)33-15(6-3-9-32-27(30)31)26(45)36-10-4-7-17(36)21(29)40/h13-18,20H,3-12,28H2,1-2H3,(H2,29,40)(H,33,43)(H,34,42)(H,35,41)(H,38,39)(H4,30,31,32)/t13-,14+,15-,16-,17-,18-,20-/m0/s1. The molecule has 18 nitrogen and oxygen atoms in total. The van der Waals surface area contributed by atoms with Gasteiger partial charge >= 0.3 is 275 Å². The predicted molar refractivity (Wildman–Crippen MR) is 165 cm³/mol. The van der Waals surface area contributed by atoms with Crippen LogP contribution in [0, 0.1) is 0 Å². The first-order valence-corrected chi connectivity index (χ1v) is 16.0. The SMILES string of the molecule is C[C@H](N)C(=O)N1CCC[C@H]1C(=O)N[C@@H](CC(=O)O)C(=O)N[C@H](C(=O)N[C@@H](CCCN=C(N)N)C(=O)N1CCC[C@H]1C(N)=O)[C@@H](C)[Se]. The summed E-state index contributed by atoms with van der Waals surface area (Å²) in [6, 6.07) is -6.67. The number of hydrogen-bond acceptors (Lipinski definition) is 9. The topological polar surface area (TPSA) is 299 Å². The normalized spacial score (nSPS) is 20.9. The second-order valence-corrected chi connectivity index (χ2v) is 13.0. The van der Waals surface area contributed by atoms with Crippen LogP contribution in [0.2, 0.25) is 4.82 Å². The van der Waals surface area contributed by atoms with Crippen molar-refractivity contribution in [2.75, 3.05) is 19.6 Å². The molecule has 2 aliphatic heterocycles. The molecular weight excluding hydrogens is 671 g/mol. The molecule has 0 aliphatic carbocycles. The van der Waals surface area contributed by atoms with Crippen LogP contribution >= 0.6 is 0 Å². The van der Waals surface area contributed by atoms with Crippen molar-refractivity contribution in [3.05, 3.63) is 0 Å². The minimum atomic E-state index is -1.59. The molecule has 1 radical (unpaired) electrons. The second kappa shape index (κ2) is 17.7. The van der Waals surface area contributed by atoms with Crippen LogP contribution in [0.15, 0.2) is 4.99 Å². The van der Waals surface area contributed by atoms with Crippen molar-refractivity contribution in [1.29, 1.82) is 0 Å². The van der Waals surface area contributed by atoms with E-state index in [0.29, 0.717) is 25.7 Å². The van der Waals surface area contributed by atoms with Crippen molar-refractivity contribution in [2.45, 2.75) is 99.9 Å². The summed E-state index contributed by atoms with van der Waals surface area (Å²) in [4.78, 5) is 95.4. The molecule has 7 atom stereocenters. The Bertz CT molecular complexity index is 1200. The van der Waals surface area contributed by atoms with Crippen molar-refractivity contribution >= 4 is 63.4 Å². The van der Waals surface area contributed by atoms with Crippen LogP contribution in [-0.2, 0) is 33.6 Å². The van der Waals surface area contributed by atoms with Crippen LogP contribution in [0.25, 0.3) is 0 Å². The summed E-state index contributed by atoms with van der Waals surface area (Å²) in [6.45, 7) is 3.75. The summed E-state index contributed by atoms with van der Waals surface area (Å²) >= 11 is 2.73. The number of carbonyl (C=O) groups excluding carboxylic acids is 6. The van der Waals surface area contributed by atoms with Gasteiger partial charge in [-0.2, -0.15) is 0 Å². The van der Waals surface area contributed by atoms with E-state index in [4.69, 9.17) is 22.9 Å². The number of nitrogens with zero attached hydrogens (tertiary/aromatic N) is 3. The van der Waals surface area contributed by atoms with Gasteiger partial charge in [0.05, 0.1) is 0 Å². The minimum absolute atomic E-state index is 0.0849. The van der Waals surface area contributed by atoms with Gasteiger partial charge < -0.3 is 0 Å². The maximum absolute atomic E-state index is 13.5. The zero-order valence-corrected chi connectivity index (χ0v) is 27.7. The Labute approximate surface area is 275 Å². The van der Waals surface area contributed by atoms with Crippen LogP contribution in [0.4, 0.5) is 0 Å². The molecule has 12 N–H and O–H groups in total. The van der Waals surface area contributed by atoms with Crippen molar-refractivity contribution < 1.29 is 38.7 Å². The van der Waals surface area contributed by atoms with E-state index in [1.54, 1.807) is 6.92 Å².